The van der Waals surface area contributed by atoms with Crippen LogP contribution in [0.25, 0.3) is 11.1 Å². The lowest BCUT2D eigenvalue weighted by atomic mass is 10.0. The Morgan fingerprint density at radius 2 is 1.38 bits per heavy atom. The van der Waals surface area contributed by atoms with Gasteiger partial charge in [-0.25, -0.2) is 4.79 Å². The number of primary amides is 1. The molecule has 0 bridgehead atoms. The molecule has 0 saturated heterocycles. The van der Waals surface area contributed by atoms with Crippen molar-refractivity contribution in [2.45, 2.75) is 38.1 Å². The molecule has 176 valence electrons. The maximum atomic E-state index is 13.4. The summed E-state index contributed by atoms with van der Waals surface area (Å²) in [5, 5.41) is 9.83. The maximum Gasteiger partial charge on any atom is 0.326 e. The summed E-state index contributed by atoms with van der Waals surface area (Å²) in [5.74, 6) is -2.09. The quantitative estimate of drug-likeness (QED) is 0.389. The number of carbonyl (C=O) groups is 3. The summed E-state index contributed by atoms with van der Waals surface area (Å²) in [4.78, 5) is 38.1. The highest BCUT2D eigenvalue weighted by Gasteiger charge is 2.30. The standard InChI is InChI=1S/C28H30N2O4/c29-26(31)19-18-25(28(33)34)30(20-8-7-11-21-9-3-1-4-10-21)27(32)24-16-14-23(15-17-24)22-12-5-2-6-13-22/h1-6,9-10,12-17,25H,7-8,11,18-20H2,(H2,29,31)(H,33,34)/t25-/m0/s1. The smallest absolute Gasteiger partial charge is 0.326 e. The van der Waals surface area contributed by atoms with Gasteiger partial charge >= 0.3 is 5.97 Å². The van der Waals surface area contributed by atoms with Crippen molar-refractivity contribution in [2.75, 3.05) is 6.54 Å². The largest absolute Gasteiger partial charge is 0.480 e. The molecule has 2 amide bonds. The van der Waals surface area contributed by atoms with Gasteiger partial charge in [-0.15, -0.1) is 0 Å². The monoisotopic (exact) mass is 458 g/mol. The van der Waals surface area contributed by atoms with Crippen molar-refractivity contribution < 1.29 is 19.5 Å². The van der Waals surface area contributed by atoms with Crippen LogP contribution >= 0.6 is 0 Å². The summed E-state index contributed by atoms with van der Waals surface area (Å²) >= 11 is 0. The number of hydrogen-bond donors (Lipinski definition) is 2. The Morgan fingerprint density at radius 1 is 0.794 bits per heavy atom. The average molecular weight is 459 g/mol. The van der Waals surface area contributed by atoms with E-state index < -0.39 is 17.9 Å². The summed E-state index contributed by atoms with van der Waals surface area (Å²) in [6, 6.07) is 25.8. The number of benzene rings is 3. The topological polar surface area (TPSA) is 101 Å². The Labute approximate surface area is 200 Å². The van der Waals surface area contributed by atoms with Crippen LogP contribution in [0.4, 0.5) is 0 Å². The van der Waals surface area contributed by atoms with Gasteiger partial charge in [0.1, 0.15) is 6.04 Å². The van der Waals surface area contributed by atoms with Crippen molar-refractivity contribution in [3.05, 3.63) is 96.1 Å². The van der Waals surface area contributed by atoms with Crippen LogP contribution in [-0.2, 0) is 16.0 Å². The molecule has 3 N–H and O–H groups in total. The van der Waals surface area contributed by atoms with E-state index in [1.165, 1.54) is 10.5 Å². The first-order chi connectivity index (χ1) is 16.5. The van der Waals surface area contributed by atoms with Crippen LogP contribution in [0.2, 0.25) is 0 Å². The van der Waals surface area contributed by atoms with Crippen molar-refractivity contribution in [1.29, 1.82) is 0 Å². The van der Waals surface area contributed by atoms with Crippen LogP contribution in [-0.4, -0.2) is 40.4 Å². The van der Waals surface area contributed by atoms with E-state index in [0.29, 0.717) is 12.0 Å². The molecule has 3 aromatic carbocycles. The van der Waals surface area contributed by atoms with Crippen molar-refractivity contribution >= 4 is 17.8 Å². The summed E-state index contributed by atoms with van der Waals surface area (Å²) < 4.78 is 0. The molecule has 0 aromatic heterocycles. The van der Waals surface area contributed by atoms with E-state index in [1.807, 2.05) is 72.8 Å². The third-order valence-corrected chi connectivity index (χ3v) is 5.78. The number of amides is 2. The second-order valence-electron chi connectivity index (χ2n) is 8.24. The molecule has 3 aromatic rings. The number of carbonyl (C=O) groups excluding carboxylic acids is 2. The Hall–Kier alpha value is -3.93. The Morgan fingerprint density at radius 3 is 1.97 bits per heavy atom. The van der Waals surface area contributed by atoms with E-state index in [0.717, 1.165) is 24.0 Å². The zero-order valence-electron chi connectivity index (χ0n) is 19.1. The summed E-state index contributed by atoms with van der Waals surface area (Å²) in [5.41, 5.74) is 8.86. The van der Waals surface area contributed by atoms with E-state index >= 15 is 0 Å². The van der Waals surface area contributed by atoms with Gasteiger partial charge in [0, 0.05) is 18.5 Å². The summed E-state index contributed by atoms with van der Waals surface area (Å²) in [7, 11) is 0. The molecule has 0 aliphatic rings. The lowest BCUT2D eigenvalue weighted by Gasteiger charge is -2.29. The minimum atomic E-state index is -1.14. The molecule has 6 nitrogen and oxygen atoms in total. The lowest BCUT2D eigenvalue weighted by Crippen LogP contribution is -2.46. The number of nitrogens with two attached hydrogens (primary N) is 1. The minimum absolute atomic E-state index is 0.0167. The molecule has 0 fully saturated rings. The fourth-order valence-electron chi connectivity index (χ4n) is 3.95. The summed E-state index contributed by atoms with van der Waals surface area (Å²) in [6.07, 6.45) is 2.18. The molecule has 1 atom stereocenters. The molecular weight excluding hydrogens is 428 g/mol. The number of aryl methyl sites for hydroxylation is 1. The number of rotatable bonds is 12. The predicted molar refractivity (Wildman–Crippen MR) is 132 cm³/mol. The van der Waals surface area contributed by atoms with Crippen molar-refractivity contribution in [2.24, 2.45) is 5.73 Å². The third kappa shape index (κ3) is 7.04. The van der Waals surface area contributed by atoms with Crippen molar-refractivity contribution in [3.63, 3.8) is 0 Å². The molecule has 0 unspecified atom stereocenters. The van der Waals surface area contributed by atoms with Crippen molar-refractivity contribution in [3.8, 4) is 11.1 Å². The first-order valence-corrected chi connectivity index (χ1v) is 11.5. The van der Waals surface area contributed by atoms with Gasteiger partial charge in [-0.3, -0.25) is 9.59 Å². The third-order valence-electron chi connectivity index (χ3n) is 5.78. The number of carboxylic acids is 1. The van der Waals surface area contributed by atoms with Gasteiger partial charge in [0.25, 0.3) is 5.91 Å². The van der Waals surface area contributed by atoms with Gasteiger partial charge in [0.15, 0.2) is 0 Å². The second kappa shape index (κ2) is 12.3. The molecule has 6 heteroatoms. The molecule has 0 radical (unpaired) electrons. The van der Waals surface area contributed by atoms with E-state index in [4.69, 9.17) is 5.73 Å². The molecule has 3 rings (SSSR count). The van der Waals surface area contributed by atoms with Crippen LogP contribution in [0.1, 0.15) is 41.6 Å². The van der Waals surface area contributed by atoms with E-state index in [-0.39, 0.29) is 25.3 Å². The molecule has 0 saturated carbocycles. The van der Waals surface area contributed by atoms with E-state index in [1.54, 1.807) is 12.1 Å². The number of unbranched alkanes of at least 4 members (excludes halogenated alkanes) is 1. The molecule has 0 heterocycles. The highest BCUT2D eigenvalue weighted by atomic mass is 16.4. The van der Waals surface area contributed by atoms with Gasteiger partial charge in [-0.1, -0.05) is 72.8 Å². The van der Waals surface area contributed by atoms with Crippen molar-refractivity contribution in [1.82, 2.24) is 4.90 Å². The highest BCUT2D eigenvalue weighted by molar-refractivity contribution is 5.97. The predicted octanol–water partition coefficient (Wildman–Crippen LogP) is 4.54. The fraction of sp³-hybridized carbons (Fsp3) is 0.250. The first kappa shape index (κ1) is 24.7. The minimum Gasteiger partial charge on any atom is -0.480 e. The van der Waals surface area contributed by atoms with Crippen LogP contribution in [0.15, 0.2) is 84.9 Å². The van der Waals surface area contributed by atoms with Gasteiger partial charge in [-0.2, -0.15) is 0 Å². The maximum absolute atomic E-state index is 13.4. The number of nitrogens with zero attached hydrogens (tertiary/aromatic N) is 1. The molecule has 0 aliphatic heterocycles. The molecule has 0 aliphatic carbocycles. The number of carboxylic acid groups (broad SMARTS) is 1. The normalized spacial score (nSPS) is 11.5. The van der Waals surface area contributed by atoms with Crippen LogP contribution < -0.4 is 5.73 Å². The first-order valence-electron chi connectivity index (χ1n) is 11.5. The van der Waals surface area contributed by atoms with Gasteiger partial charge in [-0.05, 0) is 54.5 Å². The Bertz CT molecular complexity index is 1080. The van der Waals surface area contributed by atoms with Gasteiger partial charge in [0.2, 0.25) is 5.91 Å². The average Bonchev–Trinajstić information content (AvgIpc) is 2.86. The van der Waals surface area contributed by atoms with Gasteiger partial charge in [0.05, 0.1) is 0 Å². The lowest BCUT2D eigenvalue weighted by molar-refractivity contribution is -0.142. The zero-order chi connectivity index (χ0) is 24.3. The molecular formula is C28H30N2O4. The van der Waals surface area contributed by atoms with E-state index in [9.17, 15) is 19.5 Å². The SMILES string of the molecule is NC(=O)CC[C@@H](C(=O)O)N(CCCCc1ccccc1)C(=O)c1ccc(-c2ccccc2)cc1. The molecule has 0 spiro atoms. The van der Waals surface area contributed by atoms with Gasteiger partial charge < -0.3 is 15.7 Å². The van der Waals surface area contributed by atoms with E-state index in [2.05, 4.69) is 0 Å². The molecule has 34 heavy (non-hydrogen) atoms. The highest BCUT2D eigenvalue weighted by Crippen LogP contribution is 2.21. The Balaban J connectivity index is 1.75. The Kier molecular flexibility index (Phi) is 8.97. The van der Waals surface area contributed by atoms with Crippen LogP contribution in [0, 0.1) is 0 Å². The van der Waals surface area contributed by atoms with Crippen LogP contribution in [0.3, 0.4) is 0 Å². The zero-order valence-corrected chi connectivity index (χ0v) is 19.1. The fourth-order valence-corrected chi connectivity index (χ4v) is 3.95. The second-order valence-corrected chi connectivity index (χ2v) is 8.24. The number of aliphatic carboxylic acids is 1. The van der Waals surface area contributed by atoms with Crippen LogP contribution in [0.5, 0.6) is 0 Å². The summed E-state index contributed by atoms with van der Waals surface area (Å²) in [6.45, 7) is 0.280. The number of hydrogen-bond acceptors (Lipinski definition) is 3.